The first kappa shape index (κ1) is 14.9. The summed E-state index contributed by atoms with van der Waals surface area (Å²) >= 11 is 1.68. The predicted molar refractivity (Wildman–Crippen MR) is 83.3 cm³/mol. The number of aromatic nitrogens is 3. The molecule has 3 rings (SSSR count). The van der Waals surface area contributed by atoms with Gasteiger partial charge >= 0.3 is 0 Å². The van der Waals surface area contributed by atoms with Crippen LogP contribution in [0.5, 0.6) is 5.88 Å². The van der Waals surface area contributed by atoms with Gasteiger partial charge in [0, 0.05) is 36.1 Å². The van der Waals surface area contributed by atoms with Gasteiger partial charge in [-0.1, -0.05) is 0 Å². The summed E-state index contributed by atoms with van der Waals surface area (Å²) in [6, 6.07) is 3.32. The molecule has 0 bridgehead atoms. The second-order valence-electron chi connectivity index (χ2n) is 5.38. The van der Waals surface area contributed by atoms with Gasteiger partial charge in [-0.25, -0.2) is 4.98 Å². The number of hydrogen-bond acceptors (Lipinski definition) is 6. The molecule has 22 heavy (non-hydrogen) atoms. The van der Waals surface area contributed by atoms with Gasteiger partial charge < -0.3 is 9.64 Å². The number of amides is 1. The van der Waals surface area contributed by atoms with Gasteiger partial charge in [-0.2, -0.15) is 0 Å². The van der Waals surface area contributed by atoms with E-state index in [4.69, 9.17) is 4.74 Å². The average Bonchev–Trinajstić information content (AvgIpc) is 3.01. The van der Waals surface area contributed by atoms with Gasteiger partial charge in [-0.05, 0) is 25.8 Å². The van der Waals surface area contributed by atoms with E-state index in [1.807, 2.05) is 11.8 Å². The Hall–Kier alpha value is -2.02. The van der Waals surface area contributed by atoms with Crippen LogP contribution in [0.3, 0.4) is 0 Å². The topological polar surface area (TPSA) is 68.2 Å². The third-order valence-corrected chi connectivity index (χ3v) is 4.89. The number of hydrogen-bond donors (Lipinski definition) is 0. The molecular weight excluding hydrogens is 300 g/mol. The minimum atomic E-state index is -0.0758. The van der Waals surface area contributed by atoms with Crippen LogP contribution in [-0.2, 0) is 0 Å². The van der Waals surface area contributed by atoms with Crippen LogP contribution in [0.15, 0.2) is 17.5 Å². The van der Waals surface area contributed by atoms with Crippen molar-refractivity contribution in [3.8, 4) is 5.88 Å². The Bertz CT molecular complexity index is 656. The van der Waals surface area contributed by atoms with Crippen LogP contribution in [0.25, 0.3) is 0 Å². The highest BCUT2D eigenvalue weighted by Crippen LogP contribution is 2.29. The third kappa shape index (κ3) is 3.09. The molecule has 3 heterocycles. The Kier molecular flexibility index (Phi) is 4.33. The Morgan fingerprint density at radius 2 is 2.27 bits per heavy atom. The minimum absolute atomic E-state index is 0.0758. The van der Waals surface area contributed by atoms with Crippen LogP contribution in [0.2, 0.25) is 0 Å². The molecule has 0 aliphatic carbocycles. The fourth-order valence-corrected chi connectivity index (χ4v) is 3.55. The lowest BCUT2D eigenvalue weighted by atomic mass is 9.98. The largest absolute Gasteiger partial charge is 0.480 e. The lowest BCUT2D eigenvalue weighted by molar-refractivity contribution is 0.0699. The summed E-state index contributed by atoms with van der Waals surface area (Å²) in [5.41, 5.74) is 1.40. The molecule has 2 aromatic heterocycles. The van der Waals surface area contributed by atoms with Crippen molar-refractivity contribution in [3.63, 3.8) is 0 Å². The van der Waals surface area contributed by atoms with Crippen LogP contribution in [0, 0.1) is 6.92 Å². The lowest BCUT2D eigenvalue weighted by Gasteiger charge is -2.31. The molecule has 116 valence electrons. The summed E-state index contributed by atoms with van der Waals surface area (Å²) in [5.74, 6) is 0.655. The Balaban J connectivity index is 1.71. The van der Waals surface area contributed by atoms with Gasteiger partial charge in [0.05, 0.1) is 12.1 Å². The molecule has 0 radical (unpaired) electrons. The molecule has 0 saturated carbocycles. The first-order chi connectivity index (χ1) is 10.7. The van der Waals surface area contributed by atoms with E-state index in [1.54, 1.807) is 23.5 Å². The van der Waals surface area contributed by atoms with Gasteiger partial charge in [-0.15, -0.1) is 21.5 Å². The van der Waals surface area contributed by atoms with Crippen molar-refractivity contribution in [2.24, 2.45) is 0 Å². The van der Waals surface area contributed by atoms with Gasteiger partial charge in [0.1, 0.15) is 0 Å². The summed E-state index contributed by atoms with van der Waals surface area (Å²) in [4.78, 5) is 19.0. The molecule has 7 heteroatoms. The first-order valence-corrected chi connectivity index (χ1v) is 8.14. The highest BCUT2D eigenvalue weighted by molar-refractivity contribution is 7.09. The number of nitrogens with zero attached hydrogens (tertiary/aromatic N) is 4. The number of carbonyl (C=O) groups excluding carboxylic acids is 1. The lowest BCUT2D eigenvalue weighted by Crippen LogP contribution is -2.39. The van der Waals surface area contributed by atoms with Crippen molar-refractivity contribution in [2.75, 3.05) is 20.2 Å². The van der Waals surface area contributed by atoms with Crippen molar-refractivity contribution >= 4 is 17.2 Å². The maximum Gasteiger partial charge on any atom is 0.274 e. The van der Waals surface area contributed by atoms with E-state index in [2.05, 4.69) is 20.6 Å². The maximum absolute atomic E-state index is 12.5. The molecule has 0 N–H and O–H groups in total. The highest BCUT2D eigenvalue weighted by Gasteiger charge is 2.27. The summed E-state index contributed by atoms with van der Waals surface area (Å²) in [7, 11) is 1.52. The number of piperidine rings is 1. The Labute approximate surface area is 133 Å². The van der Waals surface area contributed by atoms with Crippen molar-refractivity contribution in [3.05, 3.63) is 33.9 Å². The Morgan fingerprint density at radius 3 is 2.91 bits per heavy atom. The number of ether oxygens (including phenoxy) is 1. The predicted octanol–water partition coefficient (Wildman–Crippen LogP) is 2.27. The van der Waals surface area contributed by atoms with Gasteiger partial charge in [0.2, 0.25) is 5.88 Å². The van der Waals surface area contributed by atoms with Crippen molar-refractivity contribution in [2.45, 2.75) is 25.7 Å². The second-order valence-corrected chi connectivity index (χ2v) is 6.27. The van der Waals surface area contributed by atoms with E-state index < -0.39 is 0 Å². The number of carbonyl (C=O) groups is 1. The van der Waals surface area contributed by atoms with E-state index in [0.717, 1.165) is 30.1 Å². The van der Waals surface area contributed by atoms with Crippen LogP contribution >= 0.6 is 11.3 Å². The van der Waals surface area contributed by atoms with E-state index in [-0.39, 0.29) is 5.91 Å². The molecule has 0 spiro atoms. The average molecular weight is 318 g/mol. The number of methoxy groups -OCH3 is 1. The summed E-state index contributed by atoms with van der Waals surface area (Å²) in [5, 5.41) is 11.0. The Morgan fingerprint density at radius 1 is 1.41 bits per heavy atom. The minimum Gasteiger partial charge on any atom is -0.480 e. The van der Waals surface area contributed by atoms with Crippen molar-refractivity contribution in [1.82, 2.24) is 20.1 Å². The van der Waals surface area contributed by atoms with Crippen LogP contribution in [0.4, 0.5) is 0 Å². The summed E-state index contributed by atoms with van der Waals surface area (Å²) < 4.78 is 4.97. The van der Waals surface area contributed by atoms with Crippen LogP contribution in [-0.4, -0.2) is 46.2 Å². The second kappa shape index (κ2) is 6.39. The molecule has 0 unspecified atom stereocenters. The first-order valence-electron chi connectivity index (χ1n) is 7.26. The van der Waals surface area contributed by atoms with E-state index in [0.29, 0.717) is 24.0 Å². The summed E-state index contributed by atoms with van der Waals surface area (Å²) in [6.07, 6.45) is 2.06. The van der Waals surface area contributed by atoms with Gasteiger partial charge in [0.25, 0.3) is 5.91 Å². The normalized spacial score (nSPS) is 18.3. The monoisotopic (exact) mass is 318 g/mol. The van der Waals surface area contributed by atoms with Crippen molar-refractivity contribution < 1.29 is 9.53 Å². The van der Waals surface area contributed by atoms with Gasteiger partial charge in [-0.3, -0.25) is 4.79 Å². The fraction of sp³-hybridized carbons (Fsp3) is 0.467. The van der Waals surface area contributed by atoms with Crippen LogP contribution in [0.1, 0.15) is 39.9 Å². The molecule has 1 amide bonds. The zero-order chi connectivity index (χ0) is 15.5. The molecule has 0 aromatic carbocycles. The quantitative estimate of drug-likeness (QED) is 0.868. The smallest absolute Gasteiger partial charge is 0.274 e. The molecule has 1 saturated heterocycles. The number of thiazole rings is 1. The zero-order valence-corrected chi connectivity index (χ0v) is 13.5. The molecule has 1 fully saturated rings. The molecular formula is C15H18N4O2S. The molecule has 1 aliphatic rings. The number of likely N-dealkylation sites (tertiary alicyclic amines) is 1. The van der Waals surface area contributed by atoms with Gasteiger partial charge in [0.15, 0.2) is 5.69 Å². The van der Waals surface area contributed by atoms with E-state index in [9.17, 15) is 4.79 Å². The highest BCUT2D eigenvalue weighted by atomic mass is 32.1. The van der Waals surface area contributed by atoms with Crippen molar-refractivity contribution in [1.29, 1.82) is 0 Å². The summed E-state index contributed by atoms with van der Waals surface area (Å²) in [6.45, 7) is 3.45. The standard InChI is InChI=1S/C15H18N4O2S/c1-10-9-22-14(16-10)11-4-3-7-19(8-11)15(20)12-5-6-13(21-2)18-17-12/h5-6,9,11H,3-4,7-8H2,1-2H3/t11-/m0/s1. The zero-order valence-electron chi connectivity index (χ0n) is 12.7. The number of aryl methyl sites for hydroxylation is 1. The third-order valence-electron chi connectivity index (χ3n) is 3.76. The molecule has 1 aliphatic heterocycles. The molecule has 1 atom stereocenters. The van der Waals surface area contributed by atoms with E-state index >= 15 is 0 Å². The van der Waals surface area contributed by atoms with Crippen LogP contribution < -0.4 is 4.74 Å². The number of rotatable bonds is 3. The maximum atomic E-state index is 12.5. The SMILES string of the molecule is COc1ccc(C(=O)N2CCC[C@H](c3nc(C)cs3)C2)nn1. The molecule has 6 nitrogen and oxygen atoms in total. The fourth-order valence-electron chi connectivity index (χ4n) is 2.63. The van der Waals surface area contributed by atoms with E-state index in [1.165, 1.54) is 7.11 Å². The molecule has 2 aromatic rings.